The van der Waals surface area contributed by atoms with Crippen molar-refractivity contribution in [2.75, 3.05) is 6.61 Å². The molecule has 1 aliphatic rings. The number of nitrogens with one attached hydrogen (secondary N) is 1. The number of nitro benzene ring substituents is 1. The van der Waals surface area contributed by atoms with Gasteiger partial charge in [-0.1, -0.05) is 26.8 Å². The molecule has 0 radical (unpaired) electrons. The van der Waals surface area contributed by atoms with Gasteiger partial charge < -0.3 is 14.6 Å². The number of benzene rings is 2. The Morgan fingerprint density at radius 1 is 1.28 bits per heavy atom. The lowest BCUT2D eigenvalue weighted by atomic mass is 9.87. The summed E-state index contributed by atoms with van der Waals surface area (Å²) in [4.78, 5) is 22.5. The minimum atomic E-state index is -0.885. The number of fused-ring (bicyclic) bond motifs is 1. The molecule has 1 amide bonds. The average Bonchev–Trinajstić information content (AvgIpc) is 2.67. The third kappa shape index (κ3) is 4.63. The lowest BCUT2D eigenvalue weighted by Gasteiger charge is -2.27. The minimum Gasteiger partial charge on any atom is -0.502 e. The van der Waals surface area contributed by atoms with Gasteiger partial charge in [-0.3, -0.25) is 14.9 Å². The second kappa shape index (κ2) is 7.78. The molecule has 3 rings (SSSR count). The van der Waals surface area contributed by atoms with E-state index in [4.69, 9.17) is 9.47 Å². The van der Waals surface area contributed by atoms with Gasteiger partial charge in [0.15, 0.2) is 17.2 Å². The highest BCUT2D eigenvalue weighted by atomic mass is 16.6. The molecular formula is C20H21N3O6. The number of nitro groups is 1. The number of aromatic hydroxyl groups is 1. The predicted octanol–water partition coefficient (Wildman–Crippen LogP) is 2.89. The van der Waals surface area contributed by atoms with Crippen LogP contribution < -0.4 is 14.9 Å². The third-order valence-corrected chi connectivity index (χ3v) is 4.35. The molecule has 9 heteroatoms. The van der Waals surface area contributed by atoms with Crippen molar-refractivity contribution >= 4 is 17.8 Å². The summed E-state index contributed by atoms with van der Waals surface area (Å²) in [6, 6.07) is 9.40. The summed E-state index contributed by atoms with van der Waals surface area (Å²) < 4.78 is 11.4. The second-order valence-corrected chi connectivity index (χ2v) is 7.57. The zero-order chi connectivity index (χ0) is 21.2. The Hall–Kier alpha value is -3.62. The van der Waals surface area contributed by atoms with E-state index in [1.807, 2.05) is 18.2 Å². The van der Waals surface area contributed by atoms with E-state index in [1.54, 1.807) is 0 Å². The summed E-state index contributed by atoms with van der Waals surface area (Å²) in [7, 11) is 0. The maximum atomic E-state index is 12.3. The summed E-state index contributed by atoms with van der Waals surface area (Å²) in [5.41, 5.74) is 3.20. The number of carbonyl (C=O) groups excluding carboxylic acids is 1. The van der Waals surface area contributed by atoms with Crippen molar-refractivity contribution in [3.05, 3.63) is 57.6 Å². The Morgan fingerprint density at radius 2 is 2.03 bits per heavy atom. The quantitative estimate of drug-likeness (QED) is 0.463. The van der Waals surface area contributed by atoms with E-state index in [1.165, 1.54) is 18.3 Å². The van der Waals surface area contributed by atoms with Gasteiger partial charge in [-0.15, -0.1) is 0 Å². The van der Waals surface area contributed by atoms with Crippen LogP contribution >= 0.6 is 0 Å². The molecule has 0 saturated heterocycles. The summed E-state index contributed by atoms with van der Waals surface area (Å²) in [5, 5.41) is 24.1. The highest BCUT2D eigenvalue weighted by Crippen LogP contribution is 2.36. The van der Waals surface area contributed by atoms with Crippen molar-refractivity contribution < 1.29 is 24.3 Å². The molecule has 0 fully saturated rings. The van der Waals surface area contributed by atoms with Gasteiger partial charge in [-0.25, -0.2) is 5.43 Å². The van der Waals surface area contributed by atoms with Crippen LogP contribution in [0, 0.1) is 10.1 Å². The molecule has 1 atom stereocenters. The van der Waals surface area contributed by atoms with Crippen molar-refractivity contribution in [3.8, 4) is 17.2 Å². The van der Waals surface area contributed by atoms with Crippen LogP contribution in [0.25, 0.3) is 0 Å². The minimum absolute atomic E-state index is 0.0356. The molecular weight excluding hydrogens is 378 g/mol. The molecule has 0 aliphatic carbocycles. The number of ether oxygens (including phenoxy) is 2. The van der Waals surface area contributed by atoms with Crippen LogP contribution in [-0.2, 0) is 10.2 Å². The second-order valence-electron chi connectivity index (χ2n) is 7.57. The fourth-order valence-electron chi connectivity index (χ4n) is 2.68. The first-order valence-electron chi connectivity index (χ1n) is 8.89. The Bertz CT molecular complexity index is 981. The molecule has 2 N–H and O–H groups in total. The fraction of sp³-hybridized carbons (Fsp3) is 0.300. The van der Waals surface area contributed by atoms with E-state index >= 15 is 0 Å². The smallest absolute Gasteiger partial charge is 0.311 e. The first-order valence-corrected chi connectivity index (χ1v) is 8.89. The average molecular weight is 399 g/mol. The third-order valence-electron chi connectivity index (χ3n) is 4.35. The fourth-order valence-corrected chi connectivity index (χ4v) is 2.68. The van der Waals surface area contributed by atoms with Gasteiger partial charge in [-0.2, -0.15) is 5.10 Å². The lowest BCUT2D eigenvalue weighted by molar-refractivity contribution is -0.385. The van der Waals surface area contributed by atoms with Crippen LogP contribution in [0.5, 0.6) is 17.2 Å². The van der Waals surface area contributed by atoms with Crippen molar-refractivity contribution in [2.24, 2.45) is 5.10 Å². The van der Waals surface area contributed by atoms with Crippen LogP contribution in [-0.4, -0.2) is 34.9 Å². The van der Waals surface area contributed by atoms with E-state index in [0.29, 0.717) is 17.1 Å². The normalized spacial score (nSPS) is 15.9. The van der Waals surface area contributed by atoms with E-state index in [9.17, 15) is 20.0 Å². The molecule has 0 saturated carbocycles. The largest absolute Gasteiger partial charge is 0.502 e. The lowest BCUT2D eigenvalue weighted by Crippen LogP contribution is -2.42. The Kier molecular flexibility index (Phi) is 5.40. The van der Waals surface area contributed by atoms with Crippen LogP contribution in [0.1, 0.15) is 31.9 Å². The van der Waals surface area contributed by atoms with Crippen LogP contribution in [0.2, 0.25) is 0 Å². The van der Waals surface area contributed by atoms with Crippen molar-refractivity contribution in [1.82, 2.24) is 5.43 Å². The zero-order valence-electron chi connectivity index (χ0n) is 16.2. The van der Waals surface area contributed by atoms with E-state index in [-0.39, 0.29) is 12.0 Å². The Labute approximate surface area is 167 Å². The van der Waals surface area contributed by atoms with Gasteiger partial charge in [0.2, 0.25) is 6.10 Å². The monoisotopic (exact) mass is 399 g/mol. The van der Waals surface area contributed by atoms with Crippen LogP contribution in [0.4, 0.5) is 5.69 Å². The molecule has 0 unspecified atom stereocenters. The number of phenolic OH excluding ortho intramolecular Hbond substituents is 1. The topological polar surface area (TPSA) is 123 Å². The van der Waals surface area contributed by atoms with E-state index in [2.05, 4.69) is 31.3 Å². The van der Waals surface area contributed by atoms with Gasteiger partial charge >= 0.3 is 5.69 Å². The number of carbonyl (C=O) groups is 1. The molecule has 9 nitrogen and oxygen atoms in total. The summed E-state index contributed by atoms with van der Waals surface area (Å²) in [5.74, 6) is 0.0995. The highest BCUT2D eigenvalue weighted by molar-refractivity contribution is 5.85. The number of hydrazone groups is 1. The number of amides is 1. The Balaban J connectivity index is 1.66. The molecule has 2 aromatic rings. The molecule has 152 valence electrons. The summed E-state index contributed by atoms with van der Waals surface area (Å²) in [6.07, 6.45) is 0.351. The van der Waals surface area contributed by atoms with Gasteiger partial charge in [0.05, 0.1) is 11.1 Å². The van der Waals surface area contributed by atoms with Crippen molar-refractivity contribution in [2.45, 2.75) is 32.3 Å². The van der Waals surface area contributed by atoms with Gasteiger partial charge in [0.1, 0.15) is 6.61 Å². The van der Waals surface area contributed by atoms with Gasteiger partial charge in [0, 0.05) is 11.6 Å². The standard InChI is InChI=1S/C20H21N3O6/c1-20(2,3)13-5-7-16-17(9-13)29-18(11-28-16)19(25)22-21-10-12-4-6-15(24)14(8-12)23(26)27/h4-10,18,24H,11H2,1-3H3,(H,22,25)/b21-10+/t18-/m1/s1. The van der Waals surface area contributed by atoms with E-state index < -0.39 is 28.4 Å². The maximum absolute atomic E-state index is 12.3. The molecule has 29 heavy (non-hydrogen) atoms. The van der Waals surface area contributed by atoms with Crippen LogP contribution in [0.15, 0.2) is 41.5 Å². The number of hydrogen-bond acceptors (Lipinski definition) is 7. The highest BCUT2D eigenvalue weighted by Gasteiger charge is 2.28. The van der Waals surface area contributed by atoms with E-state index in [0.717, 1.165) is 11.6 Å². The number of nitrogens with zero attached hydrogens (tertiary/aromatic N) is 2. The zero-order valence-corrected chi connectivity index (χ0v) is 16.2. The molecule has 1 aliphatic heterocycles. The molecule has 0 aromatic heterocycles. The van der Waals surface area contributed by atoms with Crippen molar-refractivity contribution in [1.29, 1.82) is 0 Å². The molecule has 0 spiro atoms. The van der Waals surface area contributed by atoms with Gasteiger partial charge in [0.25, 0.3) is 5.91 Å². The van der Waals surface area contributed by atoms with Crippen molar-refractivity contribution in [3.63, 3.8) is 0 Å². The van der Waals surface area contributed by atoms with Gasteiger partial charge in [-0.05, 0) is 35.2 Å². The SMILES string of the molecule is CC(C)(C)c1ccc2c(c1)O[C@@H](C(=O)N/N=C/c1ccc(O)c([N+](=O)[O-])c1)CO2. The van der Waals surface area contributed by atoms with Crippen LogP contribution in [0.3, 0.4) is 0 Å². The first kappa shape index (κ1) is 20.1. The molecule has 0 bridgehead atoms. The number of rotatable bonds is 4. The number of phenols is 1. The summed E-state index contributed by atoms with van der Waals surface area (Å²) in [6.45, 7) is 6.26. The maximum Gasteiger partial charge on any atom is 0.311 e. The first-order chi connectivity index (χ1) is 13.6. The molecule has 1 heterocycles. The molecule has 2 aromatic carbocycles. The Morgan fingerprint density at radius 3 is 2.72 bits per heavy atom. The summed E-state index contributed by atoms with van der Waals surface area (Å²) >= 11 is 0. The number of hydrogen-bond donors (Lipinski definition) is 2. The predicted molar refractivity (Wildman–Crippen MR) is 106 cm³/mol.